The Morgan fingerprint density at radius 1 is 1.00 bits per heavy atom. The fraction of sp³-hybridized carbons (Fsp3) is 0.519. The van der Waals surface area contributed by atoms with Crippen LogP contribution in [0, 0.1) is 34.5 Å². The van der Waals surface area contributed by atoms with E-state index in [0.29, 0.717) is 41.5 Å². The van der Waals surface area contributed by atoms with E-state index in [-0.39, 0.29) is 44.2 Å². The van der Waals surface area contributed by atoms with E-state index >= 15 is 0 Å². The number of piperazine rings is 1. The van der Waals surface area contributed by atoms with E-state index in [1.54, 1.807) is 68.1 Å². The summed E-state index contributed by atoms with van der Waals surface area (Å²) in [6.07, 6.45) is -1.47. The third-order valence-electron chi connectivity index (χ3n) is 13.8. The molecule has 4 aromatic rings. The number of alkyl halides is 1. The van der Waals surface area contributed by atoms with E-state index in [9.17, 15) is 28.8 Å². The normalized spacial score (nSPS) is 21.7. The fourth-order valence-electron chi connectivity index (χ4n) is 10.2. The first-order chi connectivity index (χ1) is 33.1. The molecular weight excluding hydrogens is 935 g/mol. The SMILES string of the molecule is Cc1ncsc1-c1ccc([C@H](C)NC(=O)[C@@H]2C[C@H](F)CN2C(=O)[C@@H](OC(=O)COCCN2CCN(c3ccc(C(=O)N[C@H]4C(C)(C)[C@H](Oc5ccc(C#N)c(Cl)c5)C4(C)C)cn3)CC2)C(C)(C)C)cc1. The van der Waals surface area contributed by atoms with Crippen LogP contribution in [-0.2, 0) is 23.9 Å². The van der Waals surface area contributed by atoms with Gasteiger partial charge in [0, 0.05) is 73.7 Å². The van der Waals surface area contributed by atoms with Gasteiger partial charge in [0.25, 0.3) is 11.8 Å². The Hall–Kier alpha value is -5.67. The van der Waals surface area contributed by atoms with Crippen molar-refractivity contribution >= 4 is 52.4 Å². The summed E-state index contributed by atoms with van der Waals surface area (Å²) >= 11 is 7.81. The fourth-order valence-corrected chi connectivity index (χ4v) is 11.2. The van der Waals surface area contributed by atoms with Crippen molar-refractivity contribution in [3.8, 4) is 22.3 Å². The Kier molecular flexibility index (Phi) is 15.9. The van der Waals surface area contributed by atoms with Crippen LogP contribution in [0.4, 0.5) is 10.2 Å². The number of aryl methyl sites for hydroxylation is 1. The largest absolute Gasteiger partial charge is 0.489 e. The molecule has 15 nitrogen and oxygen atoms in total. The zero-order valence-electron chi connectivity index (χ0n) is 41.4. The highest BCUT2D eigenvalue weighted by Crippen LogP contribution is 2.55. The van der Waals surface area contributed by atoms with Crippen LogP contribution in [-0.4, -0.2) is 126 Å². The molecule has 1 saturated carbocycles. The second-order valence-electron chi connectivity index (χ2n) is 20.8. The number of pyridine rings is 1. The van der Waals surface area contributed by atoms with Crippen LogP contribution in [0.5, 0.6) is 5.75 Å². The molecule has 18 heteroatoms. The molecule has 4 heterocycles. The molecule has 1 aliphatic carbocycles. The van der Waals surface area contributed by atoms with Gasteiger partial charge in [-0.2, -0.15) is 5.26 Å². The topological polar surface area (TPSA) is 179 Å². The van der Waals surface area contributed by atoms with E-state index in [2.05, 4.69) is 64.2 Å². The van der Waals surface area contributed by atoms with Crippen LogP contribution in [0.3, 0.4) is 0 Å². The first kappa shape index (κ1) is 52.2. The van der Waals surface area contributed by atoms with Gasteiger partial charge in [-0.25, -0.2) is 19.2 Å². The summed E-state index contributed by atoms with van der Waals surface area (Å²) in [7, 11) is 0. The molecule has 0 spiro atoms. The van der Waals surface area contributed by atoms with Crippen LogP contribution >= 0.6 is 22.9 Å². The summed E-state index contributed by atoms with van der Waals surface area (Å²) in [6.45, 7) is 20.3. The average Bonchev–Trinajstić information content (AvgIpc) is 3.95. The first-order valence-corrected chi connectivity index (χ1v) is 25.0. The lowest BCUT2D eigenvalue weighted by Gasteiger charge is -2.63. The van der Waals surface area contributed by atoms with Crippen molar-refractivity contribution in [2.24, 2.45) is 16.2 Å². The first-order valence-electron chi connectivity index (χ1n) is 23.7. The minimum atomic E-state index is -1.41. The van der Waals surface area contributed by atoms with Crippen LogP contribution < -0.4 is 20.3 Å². The number of carbonyl (C=O) groups excluding carboxylic acids is 4. The van der Waals surface area contributed by atoms with Gasteiger partial charge < -0.3 is 34.6 Å². The standard InChI is InChI=1S/C52H64ClFN8O7S/c1-31(33-10-12-34(13-11-33)43-32(2)57-30-70-43)58-46(65)40-24-37(54)28-62(40)47(66)44(50(3,4)5)69-42(63)29-67-23-22-60-18-20-61(21-19-60)41-17-15-36(27-56-41)45(64)59-48-51(6,7)49(52(48,8)9)68-38-16-14-35(26-55)39(53)25-38/h10-17,25,27,30-31,37,40,44,48-49H,18-24,28-29H2,1-9H3,(H,58,65)(H,59,64)/t31-,37-,40-,44+,48-,49-/m0/s1. The number of amides is 3. The van der Waals surface area contributed by atoms with E-state index in [4.69, 9.17) is 25.8 Å². The Morgan fingerprint density at radius 2 is 1.70 bits per heavy atom. The molecular formula is C52H64ClFN8O7S. The second kappa shape index (κ2) is 21.4. The predicted molar refractivity (Wildman–Crippen MR) is 266 cm³/mol. The summed E-state index contributed by atoms with van der Waals surface area (Å²) in [5.74, 6) is -0.725. The minimum Gasteiger partial charge on any atom is -0.489 e. The molecule has 7 rings (SSSR count). The van der Waals surface area contributed by atoms with Gasteiger partial charge in [0.05, 0.1) is 51.4 Å². The van der Waals surface area contributed by atoms with Crippen molar-refractivity contribution in [3.63, 3.8) is 0 Å². The highest BCUT2D eigenvalue weighted by molar-refractivity contribution is 7.13. The summed E-state index contributed by atoms with van der Waals surface area (Å²) in [5, 5.41) is 15.7. The number of hydrogen-bond acceptors (Lipinski definition) is 13. The Labute approximate surface area is 419 Å². The van der Waals surface area contributed by atoms with Crippen LogP contribution in [0.2, 0.25) is 5.02 Å². The van der Waals surface area contributed by atoms with Crippen molar-refractivity contribution in [1.29, 1.82) is 5.26 Å². The van der Waals surface area contributed by atoms with Crippen molar-refractivity contribution in [2.75, 3.05) is 57.4 Å². The van der Waals surface area contributed by atoms with Gasteiger partial charge in [0.2, 0.25) is 5.91 Å². The number of benzene rings is 2. The van der Waals surface area contributed by atoms with Crippen molar-refractivity contribution in [1.82, 2.24) is 30.4 Å². The third kappa shape index (κ3) is 11.6. The minimum absolute atomic E-state index is 0.158. The van der Waals surface area contributed by atoms with Crippen LogP contribution in [0.1, 0.15) is 95.0 Å². The lowest BCUT2D eigenvalue weighted by atomic mass is 9.49. The number of ether oxygens (including phenoxy) is 3. The molecule has 0 radical (unpaired) electrons. The number of hydrogen-bond donors (Lipinski definition) is 2. The predicted octanol–water partition coefficient (Wildman–Crippen LogP) is 7.56. The number of nitrogens with zero attached hydrogens (tertiary/aromatic N) is 6. The lowest BCUT2D eigenvalue weighted by Crippen LogP contribution is -2.74. The third-order valence-corrected chi connectivity index (χ3v) is 15.1. The number of aromatic nitrogens is 2. The number of thiazole rings is 1. The number of carbonyl (C=O) groups is 4. The van der Waals surface area contributed by atoms with Crippen molar-refractivity contribution in [2.45, 2.75) is 105 Å². The monoisotopic (exact) mass is 998 g/mol. The molecule has 374 valence electrons. The van der Waals surface area contributed by atoms with Gasteiger partial charge in [0.15, 0.2) is 6.10 Å². The van der Waals surface area contributed by atoms with Gasteiger partial charge in [-0.3, -0.25) is 19.3 Å². The number of nitriles is 1. The van der Waals surface area contributed by atoms with Gasteiger partial charge in [-0.1, -0.05) is 84.3 Å². The lowest BCUT2D eigenvalue weighted by molar-refractivity contribution is -0.172. The number of likely N-dealkylation sites (tertiary alicyclic amines) is 1. The summed E-state index contributed by atoms with van der Waals surface area (Å²) in [6, 6.07) is 16.9. The van der Waals surface area contributed by atoms with Crippen molar-refractivity contribution in [3.05, 3.63) is 93.7 Å². The molecule has 2 aliphatic heterocycles. The van der Waals surface area contributed by atoms with E-state index in [1.807, 2.05) is 44.2 Å². The second-order valence-corrected chi connectivity index (χ2v) is 22.0. The number of esters is 1. The summed E-state index contributed by atoms with van der Waals surface area (Å²) in [5.41, 5.74) is 3.79. The van der Waals surface area contributed by atoms with Gasteiger partial charge in [0.1, 0.15) is 42.6 Å². The molecule has 3 aliphatic rings. The zero-order valence-corrected chi connectivity index (χ0v) is 43.0. The highest BCUT2D eigenvalue weighted by Gasteiger charge is 2.64. The summed E-state index contributed by atoms with van der Waals surface area (Å²) in [4.78, 5) is 69.8. The molecule has 4 atom stereocenters. The van der Waals surface area contributed by atoms with E-state index in [1.165, 1.54) is 4.90 Å². The Morgan fingerprint density at radius 3 is 2.30 bits per heavy atom. The Bertz CT molecular complexity index is 2560. The molecule has 2 aromatic heterocycles. The smallest absolute Gasteiger partial charge is 0.332 e. The maximum absolute atomic E-state index is 15.0. The maximum Gasteiger partial charge on any atom is 0.332 e. The number of rotatable bonds is 16. The van der Waals surface area contributed by atoms with Gasteiger partial charge in [-0.15, -0.1) is 11.3 Å². The number of anilines is 1. The molecule has 0 bridgehead atoms. The quantitative estimate of drug-likeness (QED) is 0.0833. The van der Waals surface area contributed by atoms with Crippen molar-refractivity contribution < 1.29 is 37.8 Å². The molecule has 2 N–H and O–H groups in total. The molecule has 3 fully saturated rings. The van der Waals surface area contributed by atoms with Gasteiger partial charge >= 0.3 is 5.97 Å². The van der Waals surface area contributed by atoms with Crippen LogP contribution in [0.15, 0.2) is 66.3 Å². The maximum atomic E-state index is 15.0. The average molecular weight is 1000 g/mol. The molecule has 2 aromatic carbocycles. The van der Waals surface area contributed by atoms with E-state index in [0.717, 1.165) is 40.6 Å². The molecule has 0 unspecified atom stereocenters. The van der Waals surface area contributed by atoms with Gasteiger partial charge in [-0.05, 0) is 49.2 Å². The van der Waals surface area contributed by atoms with E-state index < -0.39 is 58.4 Å². The number of nitrogens with one attached hydrogen (secondary N) is 2. The summed E-state index contributed by atoms with van der Waals surface area (Å²) < 4.78 is 32.8. The zero-order chi connectivity index (χ0) is 50.7. The highest BCUT2D eigenvalue weighted by atomic mass is 35.5. The molecule has 2 saturated heterocycles. The molecule has 70 heavy (non-hydrogen) atoms. The molecule has 3 amide bonds. The van der Waals surface area contributed by atoms with Crippen LogP contribution in [0.25, 0.3) is 10.4 Å². The number of halogens is 2. The Balaban J connectivity index is 0.831.